The summed E-state index contributed by atoms with van der Waals surface area (Å²) in [5.74, 6) is 0. The molecule has 0 atom stereocenters. The summed E-state index contributed by atoms with van der Waals surface area (Å²) in [5, 5.41) is 5.55. The van der Waals surface area contributed by atoms with Gasteiger partial charge in [0.1, 0.15) is 0 Å². The van der Waals surface area contributed by atoms with Gasteiger partial charge in [-0.3, -0.25) is 0 Å². The van der Waals surface area contributed by atoms with Crippen LogP contribution < -0.4 is 4.46 Å². The van der Waals surface area contributed by atoms with E-state index in [4.69, 9.17) is 9.47 Å². The van der Waals surface area contributed by atoms with E-state index in [-0.39, 0.29) is 6.29 Å². The molecule has 2 aromatic rings. The molecule has 0 amide bonds. The van der Waals surface area contributed by atoms with E-state index in [9.17, 15) is 0 Å². The molecule has 5 heteroatoms. The fourth-order valence-corrected chi connectivity index (χ4v) is 3.79. The summed E-state index contributed by atoms with van der Waals surface area (Å²) in [4.78, 5) is 0. The molecule has 0 saturated heterocycles. The first kappa shape index (κ1) is 15.3. The molecule has 2 rings (SSSR count). The van der Waals surface area contributed by atoms with E-state index < -0.39 is 0 Å². The first-order valence-electron chi connectivity index (χ1n) is 6.60. The Morgan fingerprint density at radius 2 is 1.90 bits per heavy atom. The van der Waals surface area contributed by atoms with Crippen molar-refractivity contribution in [2.75, 3.05) is 14.2 Å². The zero-order chi connectivity index (χ0) is 14.2. The van der Waals surface area contributed by atoms with Crippen molar-refractivity contribution in [2.24, 2.45) is 0 Å². The van der Waals surface area contributed by atoms with E-state index in [2.05, 4.69) is 35.4 Å². The summed E-state index contributed by atoms with van der Waals surface area (Å²) in [6.45, 7) is 0.903. The number of aryl methyl sites for hydroxylation is 1. The van der Waals surface area contributed by atoms with Crippen LogP contribution in [0.3, 0.4) is 0 Å². The van der Waals surface area contributed by atoms with Crippen LogP contribution in [-0.4, -0.2) is 39.0 Å². The topological polar surface area (TPSA) is 36.3 Å². The standard InChI is InChI=1S/C15H20N2O2Se/c1-18-15(19-2)14-9-10-16-17(14)11-6-12-20-13-7-4-3-5-8-13/h3-5,7-10,15H,6,11-12H2,1-2H3. The van der Waals surface area contributed by atoms with Gasteiger partial charge < -0.3 is 0 Å². The van der Waals surface area contributed by atoms with Crippen molar-refractivity contribution in [1.29, 1.82) is 0 Å². The molecular weight excluding hydrogens is 319 g/mol. The quantitative estimate of drug-likeness (QED) is 0.419. The number of methoxy groups -OCH3 is 2. The molecule has 0 N–H and O–H groups in total. The Morgan fingerprint density at radius 1 is 1.15 bits per heavy atom. The van der Waals surface area contributed by atoms with Crippen molar-refractivity contribution in [3.05, 3.63) is 48.3 Å². The van der Waals surface area contributed by atoms with Gasteiger partial charge in [-0.2, -0.15) is 0 Å². The van der Waals surface area contributed by atoms with Gasteiger partial charge >= 0.3 is 126 Å². The molecule has 0 aliphatic carbocycles. The number of rotatable bonds is 8. The average molecular weight is 339 g/mol. The molecule has 1 heterocycles. The molecule has 0 unspecified atom stereocenters. The van der Waals surface area contributed by atoms with Gasteiger partial charge in [-0.1, -0.05) is 0 Å². The molecule has 20 heavy (non-hydrogen) atoms. The molecule has 0 spiro atoms. The maximum atomic E-state index is 5.28. The van der Waals surface area contributed by atoms with E-state index >= 15 is 0 Å². The van der Waals surface area contributed by atoms with Gasteiger partial charge in [0.2, 0.25) is 0 Å². The van der Waals surface area contributed by atoms with Crippen molar-refractivity contribution in [1.82, 2.24) is 9.78 Å². The number of hydrogen-bond acceptors (Lipinski definition) is 3. The van der Waals surface area contributed by atoms with Gasteiger partial charge in [0.15, 0.2) is 0 Å². The molecule has 0 aliphatic heterocycles. The van der Waals surface area contributed by atoms with Gasteiger partial charge in [0, 0.05) is 0 Å². The summed E-state index contributed by atoms with van der Waals surface area (Å²) in [6, 6.07) is 12.6. The Balaban J connectivity index is 1.81. The summed E-state index contributed by atoms with van der Waals surface area (Å²) in [6.07, 6.45) is 2.57. The Bertz CT molecular complexity index is 498. The van der Waals surface area contributed by atoms with Crippen LogP contribution in [0.15, 0.2) is 42.6 Å². The SMILES string of the molecule is COC(OC)c1ccnn1CCC[Se]c1ccccc1. The Morgan fingerprint density at radius 3 is 2.60 bits per heavy atom. The molecule has 1 aromatic carbocycles. The van der Waals surface area contributed by atoms with Crippen LogP contribution >= 0.6 is 0 Å². The zero-order valence-electron chi connectivity index (χ0n) is 11.9. The minimum absolute atomic E-state index is 0.336. The number of nitrogens with zero attached hydrogens (tertiary/aromatic N) is 2. The predicted octanol–water partition coefficient (Wildman–Crippen LogP) is 2.01. The summed E-state index contributed by atoms with van der Waals surface area (Å²) in [7, 11) is 3.29. The third kappa shape index (κ3) is 4.18. The fraction of sp³-hybridized carbons (Fsp3) is 0.400. The van der Waals surface area contributed by atoms with Crippen molar-refractivity contribution in [2.45, 2.75) is 24.6 Å². The van der Waals surface area contributed by atoms with E-state index in [1.807, 2.05) is 10.7 Å². The van der Waals surface area contributed by atoms with E-state index in [1.165, 1.54) is 9.78 Å². The van der Waals surface area contributed by atoms with Gasteiger partial charge in [0.25, 0.3) is 0 Å². The molecule has 0 radical (unpaired) electrons. The van der Waals surface area contributed by atoms with Crippen molar-refractivity contribution >= 4 is 19.4 Å². The fourth-order valence-electron chi connectivity index (χ4n) is 1.99. The van der Waals surface area contributed by atoms with Gasteiger partial charge in [-0.05, 0) is 0 Å². The zero-order valence-corrected chi connectivity index (χ0v) is 13.6. The van der Waals surface area contributed by atoms with Crippen LogP contribution in [0.4, 0.5) is 0 Å². The van der Waals surface area contributed by atoms with E-state index in [0.29, 0.717) is 15.0 Å². The van der Waals surface area contributed by atoms with Crippen LogP contribution in [0.5, 0.6) is 0 Å². The molecule has 108 valence electrons. The monoisotopic (exact) mass is 340 g/mol. The molecule has 0 bridgehead atoms. The average Bonchev–Trinajstić information content (AvgIpc) is 2.95. The van der Waals surface area contributed by atoms with Crippen molar-refractivity contribution in [3.63, 3.8) is 0 Å². The van der Waals surface area contributed by atoms with E-state index in [1.54, 1.807) is 20.4 Å². The second-order valence-electron chi connectivity index (χ2n) is 4.30. The van der Waals surface area contributed by atoms with Crippen molar-refractivity contribution < 1.29 is 9.47 Å². The number of benzene rings is 1. The predicted molar refractivity (Wildman–Crippen MR) is 80.2 cm³/mol. The summed E-state index contributed by atoms with van der Waals surface area (Å²) >= 11 is 0.538. The number of ether oxygens (including phenoxy) is 2. The normalized spacial score (nSPS) is 11.2. The Labute approximate surface area is 126 Å². The number of hydrogen-bond donors (Lipinski definition) is 0. The van der Waals surface area contributed by atoms with Crippen LogP contribution in [0.1, 0.15) is 18.4 Å². The molecular formula is C15H20N2O2Se. The number of aromatic nitrogens is 2. The summed E-state index contributed by atoms with van der Waals surface area (Å²) in [5.41, 5.74) is 0.974. The van der Waals surface area contributed by atoms with Crippen LogP contribution in [0.25, 0.3) is 0 Å². The van der Waals surface area contributed by atoms with Gasteiger partial charge in [0.05, 0.1) is 0 Å². The molecule has 0 fully saturated rings. The van der Waals surface area contributed by atoms with Gasteiger partial charge in [-0.15, -0.1) is 0 Å². The second kappa shape index (κ2) is 8.22. The molecule has 0 saturated carbocycles. The molecule has 1 aromatic heterocycles. The molecule has 4 nitrogen and oxygen atoms in total. The first-order chi connectivity index (χ1) is 9.85. The van der Waals surface area contributed by atoms with Gasteiger partial charge in [-0.25, -0.2) is 0 Å². The van der Waals surface area contributed by atoms with Crippen LogP contribution in [-0.2, 0) is 16.0 Å². The second-order valence-corrected chi connectivity index (χ2v) is 6.75. The molecule has 0 aliphatic rings. The Kier molecular flexibility index (Phi) is 6.27. The van der Waals surface area contributed by atoms with Crippen LogP contribution in [0.2, 0.25) is 5.32 Å². The third-order valence-corrected chi connectivity index (χ3v) is 5.25. The summed E-state index contributed by atoms with van der Waals surface area (Å²) < 4.78 is 14.0. The van der Waals surface area contributed by atoms with Crippen LogP contribution in [0, 0.1) is 0 Å². The maximum absolute atomic E-state index is 5.28. The minimum atomic E-state index is -0.336. The Hall–Kier alpha value is -1.13. The third-order valence-electron chi connectivity index (χ3n) is 2.95. The van der Waals surface area contributed by atoms with E-state index in [0.717, 1.165) is 18.7 Å². The first-order valence-corrected chi connectivity index (χ1v) is 8.67. The van der Waals surface area contributed by atoms with Crippen molar-refractivity contribution in [3.8, 4) is 0 Å².